The summed E-state index contributed by atoms with van der Waals surface area (Å²) in [5.41, 5.74) is 0.971. The van der Waals surface area contributed by atoms with Crippen molar-refractivity contribution >= 4 is 5.82 Å². The standard InChI is InChI=1S/C10H15N3/c1-8-5-11-7-10(13-8)12-6-9-3-2-4-9/h5,7,9H,2-4,6H2,1H3,(H,12,13). The summed E-state index contributed by atoms with van der Waals surface area (Å²) in [6.45, 7) is 3.01. The van der Waals surface area contributed by atoms with Gasteiger partial charge in [-0.3, -0.25) is 4.98 Å². The summed E-state index contributed by atoms with van der Waals surface area (Å²) < 4.78 is 0. The van der Waals surface area contributed by atoms with Gasteiger partial charge in [0.15, 0.2) is 0 Å². The predicted molar refractivity (Wildman–Crippen MR) is 52.6 cm³/mol. The molecule has 0 bridgehead atoms. The fourth-order valence-corrected chi connectivity index (χ4v) is 1.49. The Kier molecular flexibility index (Phi) is 2.43. The van der Waals surface area contributed by atoms with Crippen LogP contribution in [0.25, 0.3) is 0 Å². The van der Waals surface area contributed by atoms with Gasteiger partial charge in [0.1, 0.15) is 5.82 Å². The number of nitrogens with one attached hydrogen (secondary N) is 1. The van der Waals surface area contributed by atoms with Crippen molar-refractivity contribution in [3.63, 3.8) is 0 Å². The number of aryl methyl sites for hydroxylation is 1. The van der Waals surface area contributed by atoms with Gasteiger partial charge in [0.05, 0.1) is 11.9 Å². The van der Waals surface area contributed by atoms with E-state index in [1.54, 1.807) is 12.4 Å². The molecular formula is C10H15N3. The van der Waals surface area contributed by atoms with E-state index in [1.807, 2.05) is 6.92 Å². The molecule has 1 heterocycles. The molecule has 0 radical (unpaired) electrons. The number of nitrogens with zero attached hydrogens (tertiary/aromatic N) is 2. The van der Waals surface area contributed by atoms with Gasteiger partial charge in [0.25, 0.3) is 0 Å². The van der Waals surface area contributed by atoms with Crippen LogP contribution in [0.2, 0.25) is 0 Å². The number of anilines is 1. The van der Waals surface area contributed by atoms with E-state index < -0.39 is 0 Å². The molecule has 0 saturated heterocycles. The molecule has 1 saturated carbocycles. The maximum absolute atomic E-state index is 4.33. The van der Waals surface area contributed by atoms with Gasteiger partial charge in [-0.05, 0) is 25.7 Å². The maximum Gasteiger partial charge on any atom is 0.144 e. The van der Waals surface area contributed by atoms with Gasteiger partial charge in [-0.1, -0.05) is 6.42 Å². The Morgan fingerprint density at radius 3 is 2.92 bits per heavy atom. The minimum atomic E-state index is 0.863. The molecule has 1 N–H and O–H groups in total. The van der Waals surface area contributed by atoms with E-state index in [0.717, 1.165) is 24.0 Å². The average molecular weight is 177 g/mol. The minimum absolute atomic E-state index is 0.863. The molecule has 1 aliphatic rings. The second-order valence-electron chi connectivity index (χ2n) is 3.72. The molecule has 0 amide bonds. The van der Waals surface area contributed by atoms with E-state index in [-0.39, 0.29) is 0 Å². The van der Waals surface area contributed by atoms with E-state index in [9.17, 15) is 0 Å². The van der Waals surface area contributed by atoms with Gasteiger partial charge in [0, 0.05) is 12.7 Å². The van der Waals surface area contributed by atoms with Crippen molar-refractivity contribution in [3.05, 3.63) is 18.1 Å². The number of rotatable bonds is 3. The highest BCUT2D eigenvalue weighted by molar-refractivity contribution is 5.31. The number of hydrogen-bond donors (Lipinski definition) is 1. The Hall–Kier alpha value is -1.12. The SMILES string of the molecule is Cc1cncc(NCC2CCC2)n1. The highest BCUT2D eigenvalue weighted by Crippen LogP contribution is 2.26. The van der Waals surface area contributed by atoms with Crippen LogP contribution in [0.15, 0.2) is 12.4 Å². The van der Waals surface area contributed by atoms with Gasteiger partial charge in [-0.2, -0.15) is 0 Å². The van der Waals surface area contributed by atoms with Crippen molar-refractivity contribution in [1.82, 2.24) is 9.97 Å². The Bertz CT molecular complexity index is 281. The molecule has 1 aliphatic carbocycles. The average Bonchev–Trinajstić information content (AvgIpc) is 2.01. The third kappa shape index (κ3) is 2.17. The predicted octanol–water partition coefficient (Wildman–Crippen LogP) is 2.00. The monoisotopic (exact) mass is 177 g/mol. The number of hydrogen-bond acceptors (Lipinski definition) is 3. The van der Waals surface area contributed by atoms with Gasteiger partial charge >= 0.3 is 0 Å². The fourth-order valence-electron chi connectivity index (χ4n) is 1.49. The zero-order valence-electron chi connectivity index (χ0n) is 7.95. The van der Waals surface area contributed by atoms with Crippen molar-refractivity contribution in [1.29, 1.82) is 0 Å². The van der Waals surface area contributed by atoms with Crippen LogP contribution in [0.1, 0.15) is 25.0 Å². The summed E-state index contributed by atoms with van der Waals surface area (Å²) in [5.74, 6) is 1.77. The summed E-state index contributed by atoms with van der Waals surface area (Å²) in [6.07, 6.45) is 7.69. The van der Waals surface area contributed by atoms with Crippen LogP contribution in [-0.4, -0.2) is 16.5 Å². The van der Waals surface area contributed by atoms with Gasteiger partial charge in [-0.25, -0.2) is 4.98 Å². The topological polar surface area (TPSA) is 37.8 Å². The first-order valence-corrected chi connectivity index (χ1v) is 4.87. The molecule has 0 aliphatic heterocycles. The molecule has 1 fully saturated rings. The second-order valence-corrected chi connectivity index (χ2v) is 3.72. The highest BCUT2D eigenvalue weighted by atomic mass is 15.0. The molecule has 70 valence electrons. The van der Waals surface area contributed by atoms with Gasteiger partial charge in [0.2, 0.25) is 0 Å². The van der Waals surface area contributed by atoms with E-state index in [1.165, 1.54) is 19.3 Å². The summed E-state index contributed by atoms with van der Waals surface area (Å²) in [6, 6.07) is 0. The molecule has 0 unspecified atom stereocenters. The van der Waals surface area contributed by atoms with Crippen molar-refractivity contribution in [3.8, 4) is 0 Å². The molecule has 0 spiro atoms. The lowest BCUT2D eigenvalue weighted by Crippen LogP contribution is -2.21. The van der Waals surface area contributed by atoms with Gasteiger partial charge < -0.3 is 5.32 Å². The first kappa shape index (κ1) is 8.48. The highest BCUT2D eigenvalue weighted by Gasteiger charge is 2.16. The Morgan fingerprint density at radius 1 is 1.46 bits per heavy atom. The Labute approximate surface area is 78.6 Å². The van der Waals surface area contributed by atoms with Crippen molar-refractivity contribution in [2.75, 3.05) is 11.9 Å². The molecular weight excluding hydrogens is 162 g/mol. The second kappa shape index (κ2) is 3.73. The van der Waals surface area contributed by atoms with Crippen LogP contribution in [0.4, 0.5) is 5.82 Å². The first-order valence-electron chi connectivity index (χ1n) is 4.87. The normalized spacial score (nSPS) is 16.7. The van der Waals surface area contributed by atoms with Crippen LogP contribution < -0.4 is 5.32 Å². The van der Waals surface area contributed by atoms with Crippen molar-refractivity contribution < 1.29 is 0 Å². The zero-order valence-corrected chi connectivity index (χ0v) is 7.95. The van der Waals surface area contributed by atoms with Crippen LogP contribution >= 0.6 is 0 Å². The van der Waals surface area contributed by atoms with Crippen LogP contribution in [0, 0.1) is 12.8 Å². The largest absolute Gasteiger partial charge is 0.369 e. The summed E-state index contributed by atoms with van der Waals surface area (Å²) in [4.78, 5) is 8.41. The first-order chi connectivity index (χ1) is 6.34. The van der Waals surface area contributed by atoms with E-state index in [0.29, 0.717) is 0 Å². The van der Waals surface area contributed by atoms with Crippen molar-refractivity contribution in [2.24, 2.45) is 5.92 Å². The lowest BCUT2D eigenvalue weighted by Gasteiger charge is -2.25. The van der Waals surface area contributed by atoms with E-state index >= 15 is 0 Å². The summed E-state index contributed by atoms with van der Waals surface area (Å²) >= 11 is 0. The van der Waals surface area contributed by atoms with Crippen LogP contribution in [0.5, 0.6) is 0 Å². The molecule has 0 aromatic carbocycles. The van der Waals surface area contributed by atoms with E-state index in [4.69, 9.17) is 0 Å². The molecule has 1 aromatic rings. The number of aromatic nitrogens is 2. The minimum Gasteiger partial charge on any atom is -0.369 e. The van der Waals surface area contributed by atoms with Crippen LogP contribution in [0.3, 0.4) is 0 Å². The zero-order chi connectivity index (χ0) is 9.10. The molecule has 3 heteroatoms. The summed E-state index contributed by atoms with van der Waals surface area (Å²) in [5, 5.41) is 3.31. The molecule has 3 nitrogen and oxygen atoms in total. The lowest BCUT2D eigenvalue weighted by molar-refractivity contribution is 0.333. The van der Waals surface area contributed by atoms with Gasteiger partial charge in [-0.15, -0.1) is 0 Å². The molecule has 1 aromatic heterocycles. The smallest absolute Gasteiger partial charge is 0.144 e. The summed E-state index contributed by atoms with van der Waals surface area (Å²) in [7, 11) is 0. The van der Waals surface area contributed by atoms with E-state index in [2.05, 4.69) is 15.3 Å². The Balaban J connectivity index is 1.86. The molecule has 2 rings (SSSR count). The van der Waals surface area contributed by atoms with Crippen molar-refractivity contribution in [2.45, 2.75) is 26.2 Å². The molecule has 0 atom stereocenters. The maximum atomic E-state index is 4.33. The third-order valence-corrected chi connectivity index (χ3v) is 2.55. The van der Waals surface area contributed by atoms with Crippen LogP contribution in [-0.2, 0) is 0 Å². The molecule has 13 heavy (non-hydrogen) atoms. The fraction of sp³-hybridized carbons (Fsp3) is 0.600. The Morgan fingerprint density at radius 2 is 2.31 bits per heavy atom. The quantitative estimate of drug-likeness (QED) is 0.767. The lowest BCUT2D eigenvalue weighted by atomic mass is 9.85. The third-order valence-electron chi connectivity index (χ3n) is 2.55.